The van der Waals surface area contributed by atoms with Crippen LogP contribution in [0.3, 0.4) is 0 Å². The highest BCUT2D eigenvalue weighted by Crippen LogP contribution is 2.57. The highest BCUT2D eigenvalue weighted by atomic mass is 32.1. The van der Waals surface area contributed by atoms with Crippen molar-refractivity contribution >= 4 is 17.2 Å². The van der Waals surface area contributed by atoms with Crippen LogP contribution in [0, 0.1) is 5.41 Å². The number of amides is 1. The first-order valence-corrected chi connectivity index (χ1v) is 10.9. The molecule has 27 heavy (non-hydrogen) atoms. The molecule has 144 valence electrons. The summed E-state index contributed by atoms with van der Waals surface area (Å²) in [6.45, 7) is 5.30. The number of nitrogens with zero attached hydrogens (tertiary/aromatic N) is 4. The van der Waals surface area contributed by atoms with Crippen molar-refractivity contribution < 1.29 is 9.32 Å². The van der Waals surface area contributed by atoms with Gasteiger partial charge in [0.15, 0.2) is 5.82 Å². The molecule has 3 heterocycles. The van der Waals surface area contributed by atoms with Crippen LogP contribution in [0.4, 0.5) is 0 Å². The number of aromatic nitrogens is 2. The second kappa shape index (κ2) is 6.71. The SMILES string of the molecule is CC(=O)N(Cc1ccsc1)[C@H]1CC12CCN(Cc1nc(C3CC3)no1)CC2. The van der Waals surface area contributed by atoms with Gasteiger partial charge in [0.05, 0.1) is 6.54 Å². The average Bonchev–Trinajstić information content (AvgIpc) is 3.50. The zero-order valence-corrected chi connectivity index (χ0v) is 16.6. The lowest BCUT2D eigenvalue weighted by atomic mass is 9.92. The fraction of sp³-hybridized carbons (Fsp3) is 0.650. The van der Waals surface area contributed by atoms with Crippen LogP contribution in [-0.2, 0) is 17.9 Å². The summed E-state index contributed by atoms with van der Waals surface area (Å²) in [6.07, 6.45) is 5.84. The predicted molar refractivity (Wildman–Crippen MR) is 102 cm³/mol. The Morgan fingerprint density at radius 3 is 2.89 bits per heavy atom. The molecule has 0 bridgehead atoms. The number of hydrogen-bond donors (Lipinski definition) is 0. The normalized spacial score (nSPS) is 24.3. The molecule has 5 rings (SSSR count). The van der Waals surface area contributed by atoms with Gasteiger partial charge < -0.3 is 9.42 Å². The van der Waals surface area contributed by atoms with E-state index < -0.39 is 0 Å². The smallest absolute Gasteiger partial charge is 0.240 e. The first kappa shape index (κ1) is 17.4. The second-order valence-corrected chi connectivity index (χ2v) is 9.24. The molecular weight excluding hydrogens is 360 g/mol. The van der Waals surface area contributed by atoms with Gasteiger partial charge in [0.2, 0.25) is 11.8 Å². The molecule has 1 saturated heterocycles. The van der Waals surface area contributed by atoms with E-state index in [0.29, 0.717) is 17.4 Å². The van der Waals surface area contributed by atoms with E-state index in [4.69, 9.17) is 4.52 Å². The van der Waals surface area contributed by atoms with Gasteiger partial charge in [-0.05, 0) is 73.0 Å². The molecule has 7 heteroatoms. The van der Waals surface area contributed by atoms with E-state index >= 15 is 0 Å². The topological polar surface area (TPSA) is 62.5 Å². The Bertz CT molecular complexity index is 806. The zero-order chi connectivity index (χ0) is 18.4. The summed E-state index contributed by atoms with van der Waals surface area (Å²) < 4.78 is 5.43. The molecular formula is C20H26N4O2S. The molecule has 1 spiro atoms. The molecule has 3 fully saturated rings. The summed E-state index contributed by atoms with van der Waals surface area (Å²) in [4.78, 5) is 21.3. The molecule has 0 N–H and O–H groups in total. The number of thiophene rings is 1. The quantitative estimate of drug-likeness (QED) is 0.761. The van der Waals surface area contributed by atoms with E-state index in [0.717, 1.165) is 57.2 Å². The maximum absolute atomic E-state index is 12.2. The van der Waals surface area contributed by atoms with Crippen molar-refractivity contribution in [1.82, 2.24) is 19.9 Å². The molecule has 1 aliphatic heterocycles. The third kappa shape index (κ3) is 3.55. The summed E-state index contributed by atoms with van der Waals surface area (Å²) in [7, 11) is 0. The Balaban J connectivity index is 1.17. The Hall–Kier alpha value is -1.73. The summed E-state index contributed by atoms with van der Waals surface area (Å²) in [5.74, 6) is 2.39. The first-order valence-electron chi connectivity index (χ1n) is 9.96. The Morgan fingerprint density at radius 2 is 2.22 bits per heavy atom. The van der Waals surface area contributed by atoms with Gasteiger partial charge in [0.25, 0.3) is 0 Å². The molecule has 2 saturated carbocycles. The van der Waals surface area contributed by atoms with Gasteiger partial charge in [-0.15, -0.1) is 0 Å². The van der Waals surface area contributed by atoms with Crippen molar-refractivity contribution in [3.63, 3.8) is 0 Å². The maximum atomic E-state index is 12.2. The number of likely N-dealkylation sites (tertiary alicyclic amines) is 1. The summed E-state index contributed by atoms with van der Waals surface area (Å²) >= 11 is 1.70. The summed E-state index contributed by atoms with van der Waals surface area (Å²) in [5, 5.41) is 8.35. The summed E-state index contributed by atoms with van der Waals surface area (Å²) in [6, 6.07) is 2.53. The van der Waals surface area contributed by atoms with Crippen molar-refractivity contribution in [2.24, 2.45) is 5.41 Å². The largest absolute Gasteiger partial charge is 0.338 e. The van der Waals surface area contributed by atoms with Crippen LogP contribution in [0.2, 0.25) is 0 Å². The standard InChI is InChI=1S/C20H26N4O2S/c1-14(25)24(11-15-4-9-27-13-15)17-10-20(17)5-7-23(8-6-20)12-18-21-19(22-26-18)16-2-3-16/h4,9,13,16-17H,2-3,5-8,10-12H2,1H3/t17-/m0/s1. The number of carbonyl (C=O) groups excluding carboxylic acids is 1. The van der Waals surface area contributed by atoms with Crippen molar-refractivity contribution in [3.05, 3.63) is 34.1 Å². The second-order valence-electron chi connectivity index (χ2n) is 8.46. The van der Waals surface area contributed by atoms with E-state index in [1.54, 1.807) is 18.3 Å². The third-order valence-electron chi connectivity index (χ3n) is 6.50. The maximum Gasteiger partial charge on any atom is 0.240 e. The molecule has 1 amide bonds. The molecule has 2 aromatic rings. The van der Waals surface area contributed by atoms with Crippen molar-refractivity contribution in [1.29, 1.82) is 0 Å². The minimum Gasteiger partial charge on any atom is -0.338 e. The van der Waals surface area contributed by atoms with E-state index in [9.17, 15) is 4.79 Å². The molecule has 0 unspecified atom stereocenters. The molecule has 0 radical (unpaired) electrons. The van der Waals surface area contributed by atoms with E-state index in [1.165, 1.54) is 18.4 Å². The lowest BCUT2D eigenvalue weighted by Crippen LogP contribution is -2.39. The van der Waals surface area contributed by atoms with Crippen molar-refractivity contribution in [2.45, 2.75) is 64.1 Å². The zero-order valence-electron chi connectivity index (χ0n) is 15.8. The van der Waals surface area contributed by atoms with Gasteiger partial charge in [-0.1, -0.05) is 5.16 Å². The fourth-order valence-corrected chi connectivity index (χ4v) is 5.17. The van der Waals surface area contributed by atoms with Crippen molar-refractivity contribution in [3.8, 4) is 0 Å². The van der Waals surface area contributed by atoms with Gasteiger partial charge >= 0.3 is 0 Å². The lowest BCUT2D eigenvalue weighted by Gasteiger charge is -2.34. The Kier molecular flexibility index (Phi) is 4.31. The van der Waals surface area contributed by atoms with Crippen LogP contribution >= 0.6 is 11.3 Å². The van der Waals surface area contributed by atoms with Crippen LogP contribution in [0.1, 0.15) is 62.2 Å². The Labute approximate surface area is 163 Å². The summed E-state index contributed by atoms with van der Waals surface area (Å²) in [5.41, 5.74) is 1.57. The highest BCUT2D eigenvalue weighted by molar-refractivity contribution is 7.07. The van der Waals surface area contributed by atoms with Crippen LogP contribution in [-0.4, -0.2) is 45.0 Å². The predicted octanol–water partition coefficient (Wildman–Crippen LogP) is 3.41. The number of rotatable bonds is 6. The van der Waals surface area contributed by atoms with Gasteiger partial charge in [0, 0.05) is 25.4 Å². The molecule has 2 aliphatic carbocycles. The van der Waals surface area contributed by atoms with Crippen molar-refractivity contribution in [2.75, 3.05) is 13.1 Å². The molecule has 0 aromatic carbocycles. The third-order valence-corrected chi connectivity index (χ3v) is 7.23. The molecule has 6 nitrogen and oxygen atoms in total. The number of carbonyl (C=O) groups is 1. The lowest BCUT2D eigenvalue weighted by molar-refractivity contribution is -0.130. The first-order chi connectivity index (χ1) is 13.1. The van der Waals surface area contributed by atoms with E-state index in [2.05, 4.69) is 36.8 Å². The highest BCUT2D eigenvalue weighted by Gasteiger charge is 2.58. The monoisotopic (exact) mass is 386 g/mol. The average molecular weight is 387 g/mol. The van der Waals surface area contributed by atoms with Crippen LogP contribution in [0.5, 0.6) is 0 Å². The van der Waals surface area contributed by atoms with Crippen LogP contribution in [0.15, 0.2) is 21.3 Å². The Morgan fingerprint density at radius 1 is 1.41 bits per heavy atom. The van der Waals surface area contributed by atoms with E-state index in [-0.39, 0.29) is 5.91 Å². The number of piperidine rings is 1. The van der Waals surface area contributed by atoms with Crippen LogP contribution in [0.25, 0.3) is 0 Å². The van der Waals surface area contributed by atoms with Gasteiger partial charge in [-0.25, -0.2) is 0 Å². The molecule has 3 aliphatic rings. The van der Waals surface area contributed by atoms with Crippen LogP contribution < -0.4 is 0 Å². The van der Waals surface area contributed by atoms with Gasteiger partial charge in [-0.3, -0.25) is 9.69 Å². The number of hydrogen-bond acceptors (Lipinski definition) is 6. The van der Waals surface area contributed by atoms with Gasteiger partial charge in [0.1, 0.15) is 0 Å². The minimum atomic E-state index is 0.198. The minimum absolute atomic E-state index is 0.198. The van der Waals surface area contributed by atoms with Gasteiger partial charge in [-0.2, -0.15) is 16.3 Å². The fourth-order valence-electron chi connectivity index (χ4n) is 4.51. The van der Waals surface area contributed by atoms with E-state index in [1.807, 2.05) is 0 Å². The molecule has 2 aromatic heterocycles. The molecule has 1 atom stereocenters.